The normalized spacial score (nSPS) is 18.4. The number of rotatable bonds is 18. The quantitative estimate of drug-likeness (QED) is 0.0838. The molecule has 0 bridgehead atoms. The molecule has 2 heterocycles. The number of carbonyl (C=O) groups is 2. The molecule has 0 radical (unpaired) electrons. The Balaban J connectivity index is 0.000000224. The maximum Gasteiger partial charge on any atom is 0.416 e. The van der Waals surface area contributed by atoms with E-state index in [-0.39, 0.29) is 59.9 Å². The van der Waals surface area contributed by atoms with Crippen molar-refractivity contribution in [1.82, 2.24) is 19.2 Å². The van der Waals surface area contributed by atoms with Gasteiger partial charge in [-0.1, -0.05) is 144 Å². The fourth-order valence-corrected chi connectivity index (χ4v) is 12.0. The third-order valence-electron chi connectivity index (χ3n) is 13.3. The molecule has 2 fully saturated rings. The van der Waals surface area contributed by atoms with E-state index >= 15 is 0 Å². The van der Waals surface area contributed by atoms with Crippen molar-refractivity contribution in [1.29, 1.82) is 0 Å². The van der Waals surface area contributed by atoms with Crippen LogP contribution in [0.3, 0.4) is 0 Å². The lowest BCUT2D eigenvalue weighted by atomic mass is 10.0. The van der Waals surface area contributed by atoms with E-state index in [1.807, 2.05) is 95.3 Å². The predicted octanol–water partition coefficient (Wildman–Crippen LogP) is 11.9. The number of alkyl halides is 6. The van der Waals surface area contributed by atoms with Gasteiger partial charge in [0.1, 0.15) is 25.3 Å². The zero-order valence-corrected chi connectivity index (χ0v) is 44.5. The molecule has 0 saturated carbocycles. The summed E-state index contributed by atoms with van der Waals surface area (Å²) in [6.07, 6.45) is -7.81. The molecule has 20 heteroatoms. The van der Waals surface area contributed by atoms with Gasteiger partial charge in [-0.05, 0) is 113 Å². The van der Waals surface area contributed by atoms with Gasteiger partial charge in [0.15, 0.2) is 0 Å². The summed E-state index contributed by atoms with van der Waals surface area (Å²) in [4.78, 5) is 38.4. The van der Waals surface area contributed by atoms with E-state index in [4.69, 9.17) is 9.68 Å². The second-order valence-electron chi connectivity index (χ2n) is 19.4. The molecule has 2 saturated heterocycles. The predicted molar refractivity (Wildman–Crippen MR) is 278 cm³/mol. The third kappa shape index (κ3) is 14.2. The van der Waals surface area contributed by atoms with Crippen LogP contribution in [0.2, 0.25) is 0 Å². The second kappa shape index (κ2) is 24.5. The average Bonchev–Trinajstić information content (AvgIpc) is 3.92. The Morgan fingerprint density at radius 3 is 1.31 bits per heavy atom. The van der Waals surface area contributed by atoms with Gasteiger partial charge in [0.25, 0.3) is 11.8 Å². The number of sulfonamides is 2. The Labute approximate surface area is 445 Å². The first kappa shape index (κ1) is 58.3. The molecule has 12 nitrogen and oxygen atoms in total. The molecule has 2 aliphatic rings. The fourth-order valence-electron chi connectivity index (χ4n) is 9.08. The molecule has 0 spiro atoms. The highest BCUT2D eigenvalue weighted by atomic mass is 32.2. The number of nitrogens with zero attached hydrogens (tertiary/aromatic N) is 3. The van der Waals surface area contributed by atoms with Gasteiger partial charge in [-0.2, -0.15) is 35.4 Å². The molecule has 2 amide bonds. The van der Waals surface area contributed by atoms with Crippen molar-refractivity contribution in [2.24, 2.45) is 11.8 Å². The van der Waals surface area contributed by atoms with Gasteiger partial charge in [-0.3, -0.25) is 19.3 Å². The minimum atomic E-state index is -4.44. The molecule has 0 unspecified atom stereocenters. The largest absolute Gasteiger partial charge is 0.416 e. The maximum atomic E-state index is 13.8. The van der Waals surface area contributed by atoms with Crippen molar-refractivity contribution < 1.29 is 62.4 Å². The topological polar surface area (TPSA) is 143 Å². The summed E-state index contributed by atoms with van der Waals surface area (Å²) < 4.78 is 135. The van der Waals surface area contributed by atoms with Gasteiger partial charge < -0.3 is 0 Å². The monoisotopic (exact) mass is 1110 g/mol. The molecule has 0 aliphatic carbocycles. The molecule has 410 valence electrons. The van der Waals surface area contributed by atoms with Gasteiger partial charge in [0, 0.05) is 6.54 Å². The first-order valence-electron chi connectivity index (χ1n) is 25.0. The summed E-state index contributed by atoms with van der Waals surface area (Å²) in [5.41, 5.74) is 2.44. The first-order chi connectivity index (χ1) is 36.4. The van der Waals surface area contributed by atoms with Crippen LogP contribution in [0, 0.1) is 11.8 Å². The van der Waals surface area contributed by atoms with Crippen LogP contribution in [0.25, 0.3) is 22.3 Å². The Bertz CT molecular complexity index is 3150. The fraction of sp³-hybridized carbons (Fsp3) is 0.333. The smallest absolute Gasteiger partial charge is 0.271 e. The van der Waals surface area contributed by atoms with Gasteiger partial charge in [0.2, 0.25) is 20.0 Å². The van der Waals surface area contributed by atoms with E-state index in [1.54, 1.807) is 12.1 Å². The van der Waals surface area contributed by atoms with Gasteiger partial charge in [-0.15, -0.1) is 0 Å². The minimum absolute atomic E-state index is 0.00848. The van der Waals surface area contributed by atoms with Crippen LogP contribution >= 0.6 is 0 Å². The van der Waals surface area contributed by atoms with Crippen molar-refractivity contribution in [3.63, 3.8) is 0 Å². The molecule has 2 aliphatic heterocycles. The van der Waals surface area contributed by atoms with E-state index < -0.39 is 67.4 Å². The number of amides is 2. The van der Waals surface area contributed by atoms with Crippen molar-refractivity contribution in [2.45, 2.75) is 113 Å². The average molecular weight is 1110 g/mol. The molecular formula is C57H60F6N4O8S2. The van der Waals surface area contributed by atoms with E-state index in [1.165, 1.54) is 75.1 Å². The molecular weight excluding hydrogens is 1050 g/mol. The van der Waals surface area contributed by atoms with Crippen LogP contribution in [0.5, 0.6) is 0 Å². The Kier molecular flexibility index (Phi) is 18.5. The van der Waals surface area contributed by atoms with E-state index in [2.05, 4.69) is 4.72 Å². The van der Waals surface area contributed by atoms with Crippen molar-refractivity contribution in [3.05, 3.63) is 180 Å². The van der Waals surface area contributed by atoms with Crippen LogP contribution < -0.4 is 4.72 Å². The number of benzene rings is 6. The number of hydrogen-bond acceptors (Lipinski definition) is 8. The molecule has 6 aromatic rings. The highest BCUT2D eigenvalue weighted by Crippen LogP contribution is 2.36. The second-order valence-corrected chi connectivity index (χ2v) is 23.0. The van der Waals surface area contributed by atoms with Crippen molar-refractivity contribution in [3.8, 4) is 22.3 Å². The summed E-state index contributed by atoms with van der Waals surface area (Å²) >= 11 is 0. The maximum absolute atomic E-state index is 13.8. The van der Waals surface area contributed by atoms with Crippen LogP contribution in [-0.4, -0.2) is 73.8 Å². The SMILES string of the molecule is CC(C)[C@@H]1C[C@@H](NS(=O)(=O)c2ccc(-c3ccc(C(F)(F)F)cc3)cc2)C(=O)N1OCc1ccccc1.CCCN([C@@H]1C[C@@H](C(C)C)N(OCc2ccccc2)C1=O)S(=O)(=O)c1ccc(-c2ccc(C(F)(F)F)cc2)cc1. The summed E-state index contributed by atoms with van der Waals surface area (Å²) in [7, 11) is -8.11. The van der Waals surface area contributed by atoms with Crippen LogP contribution in [0.15, 0.2) is 168 Å². The highest BCUT2D eigenvalue weighted by molar-refractivity contribution is 7.89. The number of hydroxylamine groups is 4. The highest BCUT2D eigenvalue weighted by Gasteiger charge is 2.48. The van der Waals surface area contributed by atoms with E-state index in [9.17, 15) is 52.8 Å². The molecule has 0 aromatic heterocycles. The standard InChI is InChI=1S/C30H33F3N2O4S.C27H27F3N2O4S/c1-4-18-34(28-19-27(21(2)3)35(29(28)36)39-20-22-8-6-5-7-9-22)40(37,38)26-16-12-24(13-17-26)23-10-14-25(15-11-23)30(31,32)33;1-18(2)25-16-24(26(33)32(25)36-17-19-6-4-3-5-7-19)31-37(34,35)23-14-10-21(11-15-23)20-8-12-22(13-9-20)27(28,29)30/h5-17,21,27-28H,4,18-20H2,1-3H3;3-15,18,24-25,31H,16-17H2,1-2H3/t27-,28+;24-,25+/m01/s1. The summed E-state index contributed by atoms with van der Waals surface area (Å²) in [6.45, 7) is 10.2. The van der Waals surface area contributed by atoms with Gasteiger partial charge in [0.05, 0.1) is 33.0 Å². The third-order valence-corrected chi connectivity index (χ3v) is 16.7. The van der Waals surface area contributed by atoms with Crippen LogP contribution in [0.1, 0.15) is 76.1 Å². The first-order valence-corrected chi connectivity index (χ1v) is 27.9. The lowest BCUT2D eigenvalue weighted by Gasteiger charge is -2.27. The van der Waals surface area contributed by atoms with Crippen molar-refractivity contribution in [2.75, 3.05) is 6.54 Å². The molecule has 8 rings (SSSR count). The zero-order chi connectivity index (χ0) is 55.9. The summed E-state index contributed by atoms with van der Waals surface area (Å²) in [6, 6.07) is 37.3. The number of halogens is 6. The minimum Gasteiger partial charge on any atom is -0.271 e. The van der Waals surface area contributed by atoms with Gasteiger partial charge >= 0.3 is 12.4 Å². The van der Waals surface area contributed by atoms with Crippen LogP contribution in [-0.2, 0) is 64.9 Å². The van der Waals surface area contributed by atoms with E-state index in [0.29, 0.717) is 35.1 Å². The van der Waals surface area contributed by atoms with Gasteiger partial charge in [-0.25, -0.2) is 27.0 Å². The number of hydrogen-bond donors (Lipinski definition) is 1. The van der Waals surface area contributed by atoms with Crippen LogP contribution in [0.4, 0.5) is 26.3 Å². The zero-order valence-electron chi connectivity index (χ0n) is 42.9. The lowest BCUT2D eigenvalue weighted by Crippen LogP contribution is -2.45. The number of carbonyl (C=O) groups excluding carboxylic acids is 2. The van der Waals surface area contributed by atoms with Crippen molar-refractivity contribution >= 4 is 31.9 Å². The molecule has 1 N–H and O–H groups in total. The summed E-state index contributed by atoms with van der Waals surface area (Å²) in [5.74, 6) is -0.774. The molecule has 6 aromatic carbocycles. The molecule has 4 atom stereocenters. The molecule has 77 heavy (non-hydrogen) atoms. The summed E-state index contributed by atoms with van der Waals surface area (Å²) in [5, 5.41) is 2.62. The lowest BCUT2D eigenvalue weighted by molar-refractivity contribution is -0.200. The Hall–Kier alpha value is -6.42. The Morgan fingerprint density at radius 1 is 0.545 bits per heavy atom. The Morgan fingerprint density at radius 2 is 0.922 bits per heavy atom. The number of nitrogens with one attached hydrogen (secondary N) is 1. The van der Waals surface area contributed by atoms with E-state index in [0.717, 1.165) is 35.4 Å².